The molecule has 76 valence electrons. The first kappa shape index (κ1) is 9.85. The van der Waals surface area contributed by atoms with Crippen molar-refractivity contribution < 1.29 is 4.74 Å². The normalized spacial score (nSPS) is 21.5. The van der Waals surface area contributed by atoms with Crippen LogP contribution in [0.1, 0.15) is 33.3 Å². The van der Waals surface area contributed by atoms with Crippen LogP contribution in [0.3, 0.4) is 0 Å². The Morgan fingerprint density at radius 2 is 1.79 bits per heavy atom. The maximum Gasteiger partial charge on any atom is 0.142 e. The Labute approximate surface area is 90.0 Å². The van der Waals surface area contributed by atoms with Crippen molar-refractivity contribution in [1.29, 1.82) is 0 Å². The predicted octanol–water partition coefficient (Wildman–Crippen LogP) is 3.79. The van der Waals surface area contributed by atoms with Crippen LogP contribution in [0, 0.1) is 0 Å². The monoisotopic (exact) mass is 210 g/mol. The van der Waals surface area contributed by atoms with E-state index in [9.17, 15) is 0 Å². The average Bonchev–Trinajstić information content (AvgIpc) is 2.24. The molecule has 0 N–H and O–H groups in total. The van der Waals surface area contributed by atoms with Crippen molar-refractivity contribution in [2.24, 2.45) is 0 Å². The third kappa shape index (κ3) is 1.08. The zero-order valence-corrected chi connectivity index (χ0v) is 9.77. The highest BCUT2D eigenvalue weighted by molar-refractivity contribution is 6.32. The van der Waals surface area contributed by atoms with Gasteiger partial charge in [0.1, 0.15) is 11.4 Å². The first-order valence-electron chi connectivity index (χ1n) is 4.84. The topological polar surface area (TPSA) is 9.23 Å². The van der Waals surface area contributed by atoms with Gasteiger partial charge in [-0.1, -0.05) is 37.6 Å². The van der Waals surface area contributed by atoms with Gasteiger partial charge in [-0.25, -0.2) is 0 Å². The maximum atomic E-state index is 6.10. The largest absolute Gasteiger partial charge is 0.485 e. The molecule has 1 aromatic rings. The van der Waals surface area contributed by atoms with Crippen LogP contribution in [0.5, 0.6) is 5.75 Å². The summed E-state index contributed by atoms with van der Waals surface area (Å²) in [5.74, 6) is 0.851. The van der Waals surface area contributed by atoms with Gasteiger partial charge in [0.05, 0.1) is 5.02 Å². The van der Waals surface area contributed by atoms with Gasteiger partial charge >= 0.3 is 0 Å². The second kappa shape index (κ2) is 2.66. The number of fused-ring (bicyclic) bond motifs is 1. The Morgan fingerprint density at radius 3 is 2.36 bits per heavy atom. The molecule has 0 saturated heterocycles. The highest BCUT2D eigenvalue weighted by Gasteiger charge is 2.48. The van der Waals surface area contributed by atoms with Crippen LogP contribution in [0.4, 0.5) is 0 Å². The molecule has 0 saturated carbocycles. The molecule has 0 aromatic heterocycles. The number of rotatable bonds is 0. The van der Waals surface area contributed by atoms with Gasteiger partial charge in [-0.05, 0) is 19.9 Å². The molecule has 0 spiro atoms. The van der Waals surface area contributed by atoms with E-state index < -0.39 is 0 Å². The SMILES string of the molecule is CC1(C)Oc2c(Cl)cccc2C1(C)C. The van der Waals surface area contributed by atoms with Crippen LogP contribution in [-0.2, 0) is 5.41 Å². The van der Waals surface area contributed by atoms with E-state index in [2.05, 4.69) is 33.8 Å². The summed E-state index contributed by atoms with van der Waals surface area (Å²) in [6.45, 7) is 8.58. The molecule has 0 fully saturated rings. The summed E-state index contributed by atoms with van der Waals surface area (Å²) in [4.78, 5) is 0. The molecular weight excluding hydrogens is 196 g/mol. The molecule has 1 aliphatic heterocycles. The molecule has 0 atom stereocenters. The molecule has 1 aromatic carbocycles. The summed E-state index contributed by atoms with van der Waals surface area (Å²) in [6.07, 6.45) is 0. The fourth-order valence-corrected chi connectivity index (χ4v) is 2.02. The highest BCUT2D eigenvalue weighted by atomic mass is 35.5. The van der Waals surface area contributed by atoms with Crippen molar-refractivity contribution in [3.8, 4) is 5.75 Å². The summed E-state index contributed by atoms with van der Waals surface area (Å²) in [5.41, 5.74) is 1.02. The van der Waals surface area contributed by atoms with Crippen molar-refractivity contribution >= 4 is 11.6 Å². The van der Waals surface area contributed by atoms with Crippen molar-refractivity contribution in [3.05, 3.63) is 28.8 Å². The van der Waals surface area contributed by atoms with Crippen LogP contribution < -0.4 is 4.74 Å². The van der Waals surface area contributed by atoms with Crippen molar-refractivity contribution in [2.45, 2.75) is 38.7 Å². The minimum Gasteiger partial charge on any atom is -0.485 e. The van der Waals surface area contributed by atoms with Crippen LogP contribution in [0.2, 0.25) is 5.02 Å². The Bertz CT molecular complexity index is 380. The lowest BCUT2D eigenvalue weighted by atomic mass is 9.74. The van der Waals surface area contributed by atoms with Gasteiger partial charge in [0.25, 0.3) is 0 Å². The Kier molecular flexibility index (Phi) is 1.87. The number of halogens is 1. The number of ether oxygens (including phenoxy) is 1. The molecule has 0 aliphatic carbocycles. The molecule has 0 unspecified atom stereocenters. The molecule has 1 nitrogen and oxygen atoms in total. The van der Waals surface area contributed by atoms with E-state index >= 15 is 0 Å². The smallest absolute Gasteiger partial charge is 0.142 e. The Balaban J connectivity index is 2.66. The fraction of sp³-hybridized carbons (Fsp3) is 0.500. The first-order chi connectivity index (χ1) is 6.36. The quantitative estimate of drug-likeness (QED) is 0.633. The summed E-state index contributed by atoms with van der Waals surface area (Å²) in [5, 5.41) is 0.709. The number of para-hydroxylation sites is 1. The van der Waals surface area contributed by atoms with E-state index in [-0.39, 0.29) is 11.0 Å². The van der Waals surface area contributed by atoms with E-state index in [0.717, 1.165) is 5.75 Å². The lowest BCUT2D eigenvalue weighted by Gasteiger charge is -2.33. The molecule has 0 amide bonds. The zero-order valence-electron chi connectivity index (χ0n) is 9.02. The third-order valence-electron chi connectivity index (χ3n) is 3.50. The first-order valence-corrected chi connectivity index (χ1v) is 5.22. The Morgan fingerprint density at radius 1 is 1.14 bits per heavy atom. The molecule has 0 bridgehead atoms. The van der Waals surface area contributed by atoms with Crippen LogP contribution in [-0.4, -0.2) is 5.60 Å². The third-order valence-corrected chi connectivity index (χ3v) is 3.80. The molecule has 2 heteroatoms. The van der Waals surface area contributed by atoms with Gasteiger partial charge in [0, 0.05) is 11.0 Å². The zero-order chi connectivity index (χ0) is 10.6. The van der Waals surface area contributed by atoms with Crippen molar-refractivity contribution in [2.75, 3.05) is 0 Å². The minimum absolute atomic E-state index is 0.00718. The molecule has 1 heterocycles. The van der Waals surface area contributed by atoms with Gasteiger partial charge in [-0.3, -0.25) is 0 Å². The van der Waals surface area contributed by atoms with Crippen molar-refractivity contribution in [3.63, 3.8) is 0 Å². The summed E-state index contributed by atoms with van der Waals surface area (Å²) >= 11 is 6.10. The summed E-state index contributed by atoms with van der Waals surface area (Å²) in [7, 11) is 0. The van der Waals surface area contributed by atoms with Gasteiger partial charge in [0.15, 0.2) is 0 Å². The van der Waals surface area contributed by atoms with E-state index in [4.69, 9.17) is 16.3 Å². The average molecular weight is 211 g/mol. The lowest BCUT2D eigenvalue weighted by Crippen LogP contribution is -2.41. The molecule has 14 heavy (non-hydrogen) atoms. The van der Waals surface area contributed by atoms with E-state index in [0.29, 0.717) is 5.02 Å². The lowest BCUT2D eigenvalue weighted by molar-refractivity contribution is 0.0713. The molecule has 0 radical (unpaired) electrons. The standard InChI is InChI=1S/C12H15ClO/c1-11(2)8-6-5-7-9(13)10(8)14-12(11,3)4/h5-7H,1-4H3. The maximum absolute atomic E-state index is 6.10. The number of benzene rings is 1. The minimum atomic E-state index is -0.194. The molecular formula is C12H15ClO. The van der Waals surface area contributed by atoms with Gasteiger partial charge in [-0.2, -0.15) is 0 Å². The van der Waals surface area contributed by atoms with Gasteiger partial charge in [0.2, 0.25) is 0 Å². The second-order valence-corrected chi connectivity index (χ2v) is 5.26. The van der Waals surface area contributed by atoms with Crippen molar-refractivity contribution in [1.82, 2.24) is 0 Å². The van der Waals surface area contributed by atoms with Crippen LogP contribution in [0.15, 0.2) is 18.2 Å². The second-order valence-electron chi connectivity index (χ2n) is 4.85. The predicted molar refractivity (Wildman–Crippen MR) is 59.2 cm³/mol. The van der Waals surface area contributed by atoms with E-state index in [1.54, 1.807) is 0 Å². The Hall–Kier alpha value is -0.690. The molecule has 2 rings (SSSR count). The van der Waals surface area contributed by atoms with Crippen LogP contribution >= 0.6 is 11.6 Å². The number of hydrogen-bond donors (Lipinski definition) is 0. The highest BCUT2D eigenvalue weighted by Crippen LogP contribution is 2.51. The van der Waals surface area contributed by atoms with E-state index in [1.807, 2.05) is 12.1 Å². The summed E-state index contributed by atoms with van der Waals surface area (Å²) < 4.78 is 5.91. The van der Waals surface area contributed by atoms with Gasteiger partial charge in [-0.15, -0.1) is 0 Å². The van der Waals surface area contributed by atoms with E-state index in [1.165, 1.54) is 5.56 Å². The molecule has 1 aliphatic rings. The van der Waals surface area contributed by atoms with Crippen LogP contribution in [0.25, 0.3) is 0 Å². The summed E-state index contributed by atoms with van der Waals surface area (Å²) in [6, 6.07) is 5.95. The number of hydrogen-bond acceptors (Lipinski definition) is 1. The van der Waals surface area contributed by atoms with Gasteiger partial charge < -0.3 is 4.74 Å². The fourth-order valence-electron chi connectivity index (χ4n) is 1.81.